The Hall–Kier alpha value is -3.36. The monoisotopic (exact) mass is 514 g/mol. The van der Waals surface area contributed by atoms with Gasteiger partial charge >= 0.3 is 11.9 Å². The summed E-state index contributed by atoms with van der Waals surface area (Å²) >= 11 is 3.88. The summed E-state index contributed by atoms with van der Waals surface area (Å²) in [5.41, 5.74) is 6.15. The maximum absolute atomic E-state index is 12.9. The SMILES string of the molecule is CC(O)C(NC(=O)C(N)CCC(=O)O)C(=O)NC(Cc1ccc(O)cc1)C(=O)NC(CS)C(=O)O. The molecule has 0 bridgehead atoms. The zero-order valence-electron chi connectivity index (χ0n) is 18.9. The second-order valence-corrected chi connectivity index (χ2v) is 8.14. The number of phenols is 1. The van der Waals surface area contributed by atoms with Crippen LogP contribution in [0, 0.1) is 0 Å². The number of phenolic OH excluding ortho intramolecular Hbond substituents is 1. The molecule has 13 nitrogen and oxygen atoms in total. The van der Waals surface area contributed by atoms with Gasteiger partial charge in [0.15, 0.2) is 0 Å². The first-order valence-corrected chi connectivity index (χ1v) is 11.2. The Balaban J connectivity index is 3.05. The van der Waals surface area contributed by atoms with Gasteiger partial charge in [-0.15, -0.1) is 0 Å². The molecule has 0 aliphatic rings. The van der Waals surface area contributed by atoms with Crippen LogP contribution in [0.2, 0.25) is 0 Å². The lowest BCUT2D eigenvalue weighted by molar-refractivity contribution is -0.142. The molecule has 3 amide bonds. The topological polar surface area (TPSA) is 228 Å². The van der Waals surface area contributed by atoms with Crippen molar-refractivity contribution in [1.82, 2.24) is 16.0 Å². The van der Waals surface area contributed by atoms with E-state index in [1.54, 1.807) is 0 Å². The zero-order valence-corrected chi connectivity index (χ0v) is 19.8. The number of aliphatic carboxylic acids is 2. The molecular formula is C21H30N4O9S. The van der Waals surface area contributed by atoms with E-state index in [-0.39, 0.29) is 30.8 Å². The number of aliphatic hydroxyl groups is 1. The number of nitrogens with one attached hydrogen (secondary N) is 3. The number of carboxylic acid groups (broad SMARTS) is 2. The first kappa shape index (κ1) is 29.7. The number of carbonyl (C=O) groups excluding carboxylic acids is 3. The fourth-order valence-corrected chi connectivity index (χ4v) is 3.12. The van der Waals surface area contributed by atoms with Crippen molar-refractivity contribution >= 4 is 42.3 Å². The lowest BCUT2D eigenvalue weighted by Crippen LogP contribution is -2.60. The summed E-state index contributed by atoms with van der Waals surface area (Å²) in [5.74, 6) is -5.46. The second kappa shape index (κ2) is 14.1. The summed E-state index contributed by atoms with van der Waals surface area (Å²) in [6.45, 7) is 1.21. The molecule has 194 valence electrons. The first-order valence-electron chi connectivity index (χ1n) is 10.5. The third kappa shape index (κ3) is 10.2. The molecule has 0 heterocycles. The van der Waals surface area contributed by atoms with Gasteiger partial charge in [-0.25, -0.2) is 4.79 Å². The van der Waals surface area contributed by atoms with Crippen molar-refractivity contribution in [2.24, 2.45) is 5.73 Å². The highest BCUT2D eigenvalue weighted by molar-refractivity contribution is 7.80. The molecule has 0 fully saturated rings. The standard InChI is InChI=1S/C21H30N4O9S/c1-10(26)17(25-18(30)13(22)6-7-16(28)29)20(32)23-14(8-11-2-4-12(27)5-3-11)19(31)24-15(9-35)21(33)34/h2-5,10,13-15,17,26-27,35H,6-9,22H2,1H3,(H,23,32)(H,24,31)(H,25,30)(H,28,29)(H,33,34). The van der Waals surface area contributed by atoms with Crippen LogP contribution in [-0.4, -0.2) is 86.1 Å². The number of carbonyl (C=O) groups is 5. The highest BCUT2D eigenvalue weighted by atomic mass is 32.1. The number of aliphatic hydroxyl groups excluding tert-OH is 1. The summed E-state index contributed by atoms with van der Waals surface area (Å²) in [5, 5.41) is 44.3. The molecule has 14 heteroatoms. The number of aromatic hydroxyl groups is 1. The van der Waals surface area contributed by atoms with Crippen LogP contribution in [0.5, 0.6) is 5.75 Å². The van der Waals surface area contributed by atoms with Gasteiger partial charge < -0.3 is 42.1 Å². The summed E-state index contributed by atoms with van der Waals surface area (Å²) < 4.78 is 0. The summed E-state index contributed by atoms with van der Waals surface area (Å²) in [7, 11) is 0. The molecule has 9 N–H and O–H groups in total. The maximum Gasteiger partial charge on any atom is 0.327 e. The zero-order chi connectivity index (χ0) is 26.7. The normalized spacial score (nSPS) is 15.1. The Bertz CT molecular complexity index is 911. The van der Waals surface area contributed by atoms with Gasteiger partial charge in [0.25, 0.3) is 0 Å². The lowest BCUT2D eigenvalue weighted by Gasteiger charge is -2.26. The van der Waals surface area contributed by atoms with E-state index in [1.807, 2.05) is 0 Å². The number of hydrogen-bond donors (Lipinski definition) is 9. The van der Waals surface area contributed by atoms with E-state index in [0.29, 0.717) is 5.56 Å². The number of amides is 3. The van der Waals surface area contributed by atoms with Crippen LogP contribution in [0.3, 0.4) is 0 Å². The molecule has 5 atom stereocenters. The number of carboxylic acids is 2. The van der Waals surface area contributed by atoms with E-state index < -0.39 is 59.9 Å². The highest BCUT2D eigenvalue weighted by Gasteiger charge is 2.32. The smallest absolute Gasteiger partial charge is 0.327 e. The van der Waals surface area contributed by atoms with E-state index in [4.69, 9.17) is 10.8 Å². The maximum atomic E-state index is 12.9. The Morgan fingerprint density at radius 3 is 2.00 bits per heavy atom. The van der Waals surface area contributed by atoms with Crippen molar-refractivity contribution < 1.29 is 44.4 Å². The van der Waals surface area contributed by atoms with Crippen LogP contribution in [0.25, 0.3) is 0 Å². The van der Waals surface area contributed by atoms with Gasteiger partial charge in [-0.2, -0.15) is 12.6 Å². The summed E-state index contributed by atoms with van der Waals surface area (Å²) in [6, 6.07) is 0.220. The van der Waals surface area contributed by atoms with E-state index in [1.165, 1.54) is 31.2 Å². The molecule has 1 rings (SSSR count). The van der Waals surface area contributed by atoms with E-state index in [2.05, 4.69) is 28.6 Å². The van der Waals surface area contributed by atoms with Crippen molar-refractivity contribution in [1.29, 1.82) is 0 Å². The van der Waals surface area contributed by atoms with Gasteiger partial charge in [-0.3, -0.25) is 19.2 Å². The second-order valence-electron chi connectivity index (χ2n) is 7.78. The van der Waals surface area contributed by atoms with Crippen LogP contribution in [0.15, 0.2) is 24.3 Å². The average Bonchev–Trinajstić information content (AvgIpc) is 2.79. The van der Waals surface area contributed by atoms with Gasteiger partial charge in [0.2, 0.25) is 17.7 Å². The third-order valence-electron chi connectivity index (χ3n) is 4.87. The molecule has 0 saturated carbocycles. The van der Waals surface area contributed by atoms with Crippen molar-refractivity contribution in [3.63, 3.8) is 0 Å². The molecule has 35 heavy (non-hydrogen) atoms. The van der Waals surface area contributed by atoms with E-state index >= 15 is 0 Å². The fraction of sp³-hybridized carbons (Fsp3) is 0.476. The predicted octanol–water partition coefficient (Wildman–Crippen LogP) is -2.02. The minimum Gasteiger partial charge on any atom is -0.508 e. The number of hydrogen-bond acceptors (Lipinski definition) is 9. The first-order chi connectivity index (χ1) is 16.3. The molecule has 0 aromatic heterocycles. The predicted molar refractivity (Wildman–Crippen MR) is 126 cm³/mol. The van der Waals surface area contributed by atoms with Crippen molar-refractivity contribution in [3.8, 4) is 5.75 Å². The minimum absolute atomic E-state index is 0.0316. The molecule has 1 aromatic rings. The number of nitrogens with two attached hydrogens (primary N) is 1. The molecule has 0 saturated heterocycles. The van der Waals surface area contributed by atoms with E-state index in [9.17, 15) is 39.3 Å². The Kier molecular flexibility index (Phi) is 12.0. The number of thiol groups is 1. The van der Waals surface area contributed by atoms with Crippen molar-refractivity contribution in [2.45, 2.75) is 56.5 Å². The quantitative estimate of drug-likeness (QED) is 0.124. The van der Waals surface area contributed by atoms with Gasteiger partial charge in [-0.1, -0.05) is 12.1 Å². The fourth-order valence-electron chi connectivity index (χ4n) is 2.87. The summed E-state index contributed by atoms with van der Waals surface area (Å²) in [4.78, 5) is 59.9. The Labute approximate surface area is 206 Å². The summed E-state index contributed by atoms with van der Waals surface area (Å²) in [6.07, 6.45) is -2.13. The largest absolute Gasteiger partial charge is 0.508 e. The Morgan fingerprint density at radius 2 is 1.51 bits per heavy atom. The van der Waals surface area contributed by atoms with Gasteiger partial charge in [0.1, 0.15) is 23.9 Å². The Morgan fingerprint density at radius 1 is 0.943 bits per heavy atom. The van der Waals surface area contributed by atoms with Crippen LogP contribution in [0.4, 0.5) is 0 Å². The third-order valence-corrected chi connectivity index (χ3v) is 5.24. The molecule has 0 aliphatic carbocycles. The molecule has 1 aromatic carbocycles. The van der Waals surface area contributed by atoms with Gasteiger partial charge in [-0.05, 0) is 31.0 Å². The number of rotatable bonds is 14. The van der Waals surface area contributed by atoms with Crippen molar-refractivity contribution in [3.05, 3.63) is 29.8 Å². The highest BCUT2D eigenvalue weighted by Crippen LogP contribution is 2.12. The molecular weight excluding hydrogens is 484 g/mol. The van der Waals surface area contributed by atoms with Crippen LogP contribution in [-0.2, 0) is 30.4 Å². The minimum atomic E-state index is -1.55. The molecule has 0 aliphatic heterocycles. The van der Waals surface area contributed by atoms with E-state index in [0.717, 1.165) is 0 Å². The van der Waals surface area contributed by atoms with Crippen LogP contribution < -0.4 is 21.7 Å². The van der Waals surface area contributed by atoms with Crippen LogP contribution in [0.1, 0.15) is 25.3 Å². The average molecular weight is 515 g/mol. The van der Waals surface area contributed by atoms with Crippen molar-refractivity contribution in [2.75, 3.05) is 5.75 Å². The van der Waals surface area contributed by atoms with Crippen LogP contribution >= 0.6 is 12.6 Å². The lowest BCUT2D eigenvalue weighted by atomic mass is 10.0. The van der Waals surface area contributed by atoms with Gasteiger partial charge in [0, 0.05) is 18.6 Å². The number of benzene rings is 1. The molecule has 0 spiro atoms. The van der Waals surface area contributed by atoms with Gasteiger partial charge in [0.05, 0.1) is 12.1 Å². The molecule has 0 radical (unpaired) electrons. The molecule has 5 unspecified atom stereocenters.